The lowest BCUT2D eigenvalue weighted by molar-refractivity contribution is 0.102. The maximum Gasteiger partial charge on any atom is 0.278 e. The van der Waals surface area contributed by atoms with Crippen LogP contribution in [0.15, 0.2) is 59.6 Å². The third kappa shape index (κ3) is 5.59. The number of anilines is 2. The predicted molar refractivity (Wildman–Crippen MR) is 124 cm³/mol. The summed E-state index contributed by atoms with van der Waals surface area (Å²) in [5, 5.41) is 2.63. The molecule has 1 heterocycles. The van der Waals surface area contributed by atoms with E-state index in [0.29, 0.717) is 11.4 Å². The van der Waals surface area contributed by atoms with Gasteiger partial charge in [0, 0.05) is 25.0 Å². The summed E-state index contributed by atoms with van der Waals surface area (Å²) >= 11 is 0. The second kappa shape index (κ2) is 9.20. The smallest absolute Gasteiger partial charge is 0.278 e. The Morgan fingerprint density at radius 3 is 2.34 bits per heavy atom. The maximum atomic E-state index is 12.7. The van der Waals surface area contributed by atoms with Gasteiger partial charge in [0.05, 0.1) is 16.8 Å². The number of benzene rings is 2. The minimum atomic E-state index is -3.82. The van der Waals surface area contributed by atoms with Crippen LogP contribution in [0.2, 0.25) is 0 Å². The number of amides is 1. The Balaban J connectivity index is 1.80. The van der Waals surface area contributed by atoms with Crippen LogP contribution in [0.4, 0.5) is 11.5 Å². The van der Waals surface area contributed by atoms with Crippen LogP contribution in [-0.2, 0) is 18.9 Å². The highest BCUT2D eigenvalue weighted by Gasteiger charge is 2.26. The third-order valence-corrected chi connectivity index (χ3v) is 9.62. The molecule has 1 unspecified atom stereocenters. The minimum Gasteiger partial charge on any atom is -0.382 e. The lowest BCUT2D eigenvalue weighted by Gasteiger charge is -2.12. The molecule has 0 fully saturated rings. The van der Waals surface area contributed by atoms with E-state index >= 15 is 0 Å². The lowest BCUT2D eigenvalue weighted by Crippen LogP contribution is -2.17. The van der Waals surface area contributed by atoms with Crippen molar-refractivity contribution in [1.29, 1.82) is 0 Å². The molecule has 0 aliphatic rings. The molecule has 2 aromatic carbocycles. The molecule has 168 valence electrons. The summed E-state index contributed by atoms with van der Waals surface area (Å²) in [6.07, 6.45) is 1.49. The predicted octanol–water partition coefficient (Wildman–Crippen LogP) is 3.57. The zero-order valence-electron chi connectivity index (χ0n) is 17.8. The summed E-state index contributed by atoms with van der Waals surface area (Å²) < 4.78 is 41.7. The molecule has 3 aromatic rings. The van der Waals surface area contributed by atoms with E-state index in [9.17, 15) is 17.8 Å². The Hall–Kier alpha value is -3.07. The first-order valence-electron chi connectivity index (χ1n) is 9.47. The molecule has 0 saturated heterocycles. The van der Waals surface area contributed by atoms with Crippen molar-refractivity contribution in [1.82, 2.24) is 9.97 Å². The largest absolute Gasteiger partial charge is 0.382 e. The van der Waals surface area contributed by atoms with Crippen LogP contribution in [0.25, 0.3) is 11.3 Å². The zero-order chi connectivity index (χ0) is 23.5. The molecule has 0 saturated carbocycles. The van der Waals surface area contributed by atoms with Crippen molar-refractivity contribution in [3.63, 3.8) is 0 Å². The molecular formula is C21H23N4O5PS. The third-order valence-electron chi connectivity index (χ3n) is 4.63. The van der Waals surface area contributed by atoms with Gasteiger partial charge in [-0.1, -0.05) is 29.8 Å². The van der Waals surface area contributed by atoms with E-state index in [1.165, 1.54) is 44.2 Å². The van der Waals surface area contributed by atoms with Crippen molar-refractivity contribution in [2.45, 2.75) is 11.8 Å². The fourth-order valence-electron chi connectivity index (χ4n) is 2.80. The van der Waals surface area contributed by atoms with Crippen molar-refractivity contribution >= 4 is 34.6 Å². The number of nitrogen functional groups attached to an aromatic ring is 1. The molecule has 1 aromatic heterocycles. The van der Waals surface area contributed by atoms with E-state index in [4.69, 9.17) is 10.3 Å². The van der Waals surface area contributed by atoms with Gasteiger partial charge in [0.15, 0.2) is 21.3 Å². The van der Waals surface area contributed by atoms with E-state index in [2.05, 4.69) is 15.3 Å². The highest BCUT2D eigenvalue weighted by molar-refractivity contribution is 7.98. The van der Waals surface area contributed by atoms with Crippen molar-refractivity contribution in [2.24, 2.45) is 0 Å². The van der Waals surface area contributed by atoms with Gasteiger partial charge < -0.3 is 15.6 Å². The van der Waals surface area contributed by atoms with Gasteiger partial charge in [-0.2, -0.15) is 0 Å². The van der Waals surface area contributed by atoms with Gasteiger partial charge in [-0.3, -0.25) is 9.36 Å². The number of sulfone groups is 1. The summed E-state index contributed by atoms with van der Waals surface area (Å²) in [5.74, 6) is -0.618. The normalized spacial score (nSPS) is 13.3. The molecule has 0 aliphatic carbocycles. The molecule has 0 aliphatic heterocycles. The van der Waals surface area contributed by atoms with Gasteiger partial charge in [0.2, 0.25) is 7.37 Å². The molecule has 11 heteroatoms. The van der Waals surface area contributed by atoms with Gasteiger partial charge in [0.25, 0.3) is 5.91 Å². The molecule has 0 radical (unpaired) electrons. The molecule has 32 heavy (non-hydrogen) atoms. The van der Waals surface area contributed by atoms with E-state index in [-0.39, 0.29) is 16.4 Å². The second-order valence-corrected chi connectivity index (χ2v) is 12.4. The number of hydrogen-bond acceptors (Lipinski definition) is 8. The fourth-order valence-corrected chi connectivity index (χ4v) is 6.84. The van der Waals surface area contributed by atoms with Gasteiger partial charge in [-0.05, 0) is 31.2 Å². The Kier molecular flexibility index (Phi) is 6.78. The SMILES string of the molecule is COP(C)(=O)CS(=O)(=O)c1ccc(NC(=O)c2nc(-c3ccc(C)cc3)cnc2N)cc1. The zero-order valence-corrected chi connectivity index (χ0v) is 19.5. The van der Waals surface area contributed by atoms with Crippen molar-refractivity contribution in [2.75, 3.05) is 30.3 Å². The number of nitrogens with two attached hydrogens (primary N) is 1. The molecular weight excluding hydrogens is 451 g/mol. The summed E-state index contributed by atoms with van der Waals surface area (Å²) in [6, 6.07) is 13.1. The first-order chi connectivity index (χ1) is 15.0. The highest BCUT2D eigenvalue weighted by atomic mass is 32.2. The first-order valence-corrected chi connectivity index (χ1v) is 13.4. The Morgan fingerprint density at radius 1 is 1.12 bits per heavy atom. The summed E-state index contributed by atoms with van der Waals surface area (Å²) in [7, 11) is -5.87. The van der Waals surface area contributed by atoms with Crippen LogP contribution in [-0.4, -0.2) is 43.6 Å². The number of aryl methyl sites for hydroxylation is 1. The number of hydrogen-bond donors (Lipinski definition) is 2. The van der Waals surface area contributed by atoms with Crippen molar-refractivity contribution < 1.29 is 22.3 Å². The molecule has 1 amide bonds. The van der Waals surface area contributed by atoms with Crippen LogP contribution in [0.3, 0.4) is 0 Å². The van der Waals surface area contributed by atoms with Crippen LogP contribution in [0.1, 0.15) is 16.1 Å². The average Bonchev–Trinajstić information content (AvgIpc) is 2.74. The molecule has 0 bridgehead atoms. The topological polar surface area (TPSA) is 141 Å². The molecule has 3 N–H and O–H groups in total. The monoisotopic (exact) mass is 474 g/mol. The standard InChI is InChI=1S/C21H23N4O5PS/c1-14-4-6-15(7-5-14)18-12-23-20(22)19(25-18)21(26)24-16-8-10-17(11-9-16)32(28,29)13-31(3,27)30-2/h4-12H,13H2,1-3H3,(H2,22,23)(H,24,26). The maximum absolute atomic E-state index is 12.7. The van der Waals surface area contributed by atoms with Gasteiger partial charge >= 0.3 is 0 Å². The molecule has 3 rings (SSSR count). The van der Waals surface area contributed by atoms with Gasteiger partial charge in [-0.15, -0.1) is 0 Å². The van der Waals surface area contributed by atoms with Gasteiger partial charge in [0.1, 0.15) is 5.49 Å². The number of aromatic nitrogens is 2. The Labute approximate surface area is 186 Å². The molecule has 9 nitrogen and oxygen atoms in total. The van der Waals surface area contributed by atoms with Crippen LogP contribution < -0.4 is 11.1 Å². The highest BCUT2D eigenvalue weighted by Crippen LogP contribution is 2.44. The van der Waals surface area contributed by atoms with Crippen LogP contribution in [0.5, 0.6) is 0 Å². The number of carbonyl (C=O) groups is 1. The summed E-state index contributed by atoms with van der Waals surface area (Å²) in [6.45, 7) is 3.22. The molecule has 0 spiro atoms. The Bertz CT molecular complexity index is 1290. The number of carbonyl (C=O) groups excluding carboxylic acids is 1. The lowest BCUT2D eigenvalue weighted by atomic mass is 10.1. The Morgan fingerprint density at radius 2 is 1.75 bits per heavy atom. The van der Waals surface area contributed by atoms with E-state index in [1.54, 1.807) is 0 Å². The summed E-state index contributed by atoms with van der Waals surface area (Å²) in [4.78, 5) is 21.1. The summed E-state index contributed by atoms with van der Waals surface area (Å²) in [5.41, 5.74) is 7.89. The number of rotatable bonds is 7. The van der Waals surface area contributed by atoms with Crippen LogP contribution in [0, 0.1) is 6.92 Å². The van der Waals surface area contributed by atoms with Crippen molar-refractivity contribution in [3.8, 4) is 11.3 Å². The second-order valence-electron chi connectivity index (χ2n) is 7.27. The number of nitrogens with zero attached hydrogens (tertiary/aromatic N) is 2. The van der Waals surface area contributed by atoms with E-state index in [1.807, 2.05) is 31.2 Å². The van der Waals surface area contributed by atoms with Crippen molar-refractivity contribution in [3.05, 3.63) is 66.0 Å². The fraction of sp³-hybridized carbons (Fsp3) is 0.190. The van der Waals surface area contributed by atoms with Gasteiger partial charge in [-0.25, -0.2) is 18.4 Å². The minimum absolute atomic E-state index is 0.0316. The van der Waals surface area contributed by atoms with E-state index < -0.39 is 28.6 Å². The average molecular weight is 474 g/mol. The quantitative estimate of drug-likeness (QED) is 0.495. The molecule has 1 atom stereocenters. The van der Waals surface area contributed by atoms with Crippen LogP contribution >= 0.6 is 7.37 Å². The number of nitrogens with one attached hydrogen (secondary N) is 1. The first kappa shape index (κ1) is 23.6. The van der Waals surface area contributed by atoms with E-state index in [0.717, 1.165) is 11.1 Å².